The highest BCUT2D eigenvalue weighted by Crippen LogP contribution is 2.19. The molecule has 1 aromatic heterocycles. The molecule has 1 saturated heterocycles. The molecule has 1 fully saturated rings. The molecule has 1 aromatic carbocycles. The summed E-state index contributed by atoms with van der Waals surface area (Å²) in [5.41, 5.74) is 2.15. The SMILES string of the molecule is Cc1ccsc1CN(Cc1ccc(F)cc1)C(=O)CNCCN1CCCC1. The van der Waals surface area contributed by atoms with Crippen LogP contribution in [0.25, 0.3) is 0 Å². The molecular weight excluding hydrogens is 361 g/mol. The van der Waals surface area contributed by atoms with E-state index in [9.17, 15) is 9.18 Å². The molecule has 1 aliphatic rings. The lowest BCUT2D eigenvalue weighted by Crippen LogP contribution is -2.39. The lowest BCUT2D eigenvalue weighted by Gasteiger charge is -2.23. The van der Waals surface area contributed by atoms with Gasteiger partial charge in [-0.05, 0) is 67.6 Å². The highest BCUT2D eigenvalue weighted by Gasteiger charge is 2.17. The van der Waals surface area contributed by atoms with Crippen LogP contribution >= 0.6 is 11.3 Å². The molecule has 2 aromatic rings. The molecule has 0 bridgehead atoms. The van der Waals surface area contributed by atoms with Crippen LogP contribution in [-0.2, 0) is 17.9 Å². The van der Waals surface area contributed by atoms with Gasteiger partial charge in [0, 0.05) is 24.5 Å². The Morgan fingerprint density at radius 2 is 1.93 bits per heavy atom. The van der Waals surface area contributed by atoms with Gasteiger partial charge in [0.2, 0.25) is 5.91 Å². The van der Waals surface area contributed by atoms with E-state index in [1.54, 1.807) is 23.5 Å². The Morgan fingerprint density at radius 1 is 1.19 bits per heavy atom. The molecule has 0 unspecified atom stereocenters. The predicted molar refractivity (Wildman–Crippen MR) is 108 cm³/mol. The van der Waals surface area contributed by atoms with Crippen molar-refractivity contribution in [3.8, 4) is 0 Å². The van der Waals surface area contributed by atoms with Gasteiger partial charge in [-0.1, -0.05) is 12.1 Å². The maximum absolute atomic E-state index is 13.2. The third kappa shape index (κ3) is 6.13. The number of aryl methyl sites for hydroxylation is 1. The Bertz CT molecular complexity index is 725. The van der Waals surface area contributed by atoms with Gasteiger partial charge in [-0.15, -0.1) is 11.3 Å². The maximum Gasteiger partial charge on any atom is 0.237 e. The molecule has 1 amide bonds. The van der Waals surface area contributed by atoms with E-state index >= 15 is 0 Å². The van der Waals surface area contributed by atoms with Gasteiger partial charge < -0.3 is 15.1 Å². The first-order valence-electron chi connectivity index (χ1n) is 9.60. The third-order valence-corrected chi connectivity index (χ3v) is 6.03. The van der Waals surface area contributed by atoms with E-state index in [0.29, 0.717) is 19.6 Å². The largest absolute Gasteiger partial charge is 0.332 e. The number of hydrogen-bond donors (Lipinski definition) is 1. The minimum absolute atomic E-state index is 0.0774. The van der Waals surface area contributed by atoms with E-state index in [-0.39, 0.29) is 11.7 Å². The summed E-state index contributed by atoms with van der Waals surface area (Å²) in [7, 11) is 0. The van der Waals surface area contributed by atoms with E-state index in [1.807, 2.05) is 4.90 Å². The van der Waals surface area contributed by atoms with Crippen molar-refractivity contribution >= 4 is 17.2 Å². The molecule has 1 N–H and O–H groups in total. The van der Waals surface area contributed by atoms with Crippen LogP contribution in [0.3, 0.4) is 0 Å². The predicted octanol–water partition coefficient (Wildman–Crippen LogP) is 3.41. The Morgan fingerprint density at radius 3 is 2.59 bits per heavy atom. The van der Waals surface area contributed by atoms with Crippen LogP contribution in [0.1, 0.15) is 28.8 Å². The molecule has 3 rings (SSSR count). The van der Waals surface area contributed by atoms with Crippen molar-refractivity contribution in [1.82, 2.24) is 15.1 Å². The minimum atomic E-state index is -0.255. The molecule has 146 valence electrons. The summed E-state index contributed by atoms with van der Waals surface area (Å²) < 4.78 is 13.2. The van der Waals surface area contributed by atoms with Gasteiger partial charge in [-0.3, -0.25) is 4.79 Å². The fourth-order valence-electron chi connectivity index (χ4n) is 3.33. The van der Waals surface area contributed by atoms with Gasteiger partial charge in [0.15, 0.2) is 0 Å². The van der Waals surface area contributed by atoms with E-state index in [4.69, 9.17) is 0 Å². The van der Waals surface area contributed by atoms with Crippen molar-refractivity contribution in [2.24, 2.45) is 0 Å². The zero-order chi connectivity index (χ0) is 19.1. The van der Waals surface area contributed by atoms with Crippen molar-refractivity contribution in [1.29, 1.82) is 0 Å². The van der Waals surface area contributed by atoms with Crippen LogP contribution in [0.4, 0.5) is 4.39 Å². The van der Waals surface area contributed by atoms with Gasteiger partial charge in [-0.2, -0.15) is 0 Å². The van der Waals surface area contributed by atoms with Crippen molar-refractivity contribution in [3.05, 3.63) is 57.5 Å². The monoisotopic (exact) mass is 389 g/mol. The van der Waals surface area contributed by atoms with Crippen molar-refractivity contribution in [2.45, 2.75) is 32.9 Å². The molecule has 0 aliphatic carbocycles. The average molecular weight is 390 g/mol. The van der Waals surface area contributed by atoms with Crippen LogP contribution < -0.4 is 5.32 Å². The number of nitrogens with one attached hydrogen (secondary N) is 1. The number of likely N-dealkylation sites (tertiary alicyclic amines) is 1. The second-order valence-corrected chi connectivity index (χ2v) is 8.13. The number of nitrogens with zero attached hydrogens (tertiary/aromatic N) is 2. The molecule has 27 heavy (non-hydrogen) atoms. The van der Waals surface area contributed by atoms with E-state index in [1.165, 1.54) is 48.5 Å². The maximum atomic E-state index is 13.2. The Labute approximate surface area is 165 Å². The summed E-state index contributed by atoms with van der Waals surface area (Å²) in [4.78, 5) is 18.3. The normalized spacial score (nSPS) is 14.6. The van der Waals surface area contributed by atoms with Crippen molar-refractivity contribution in [2.75, 3.05) is 32.7 Å². The second kappa shape index (κ2) is 9.97. The zero-order valence-electron chi connectivity index (χ0n) is 15.9. The number of hydrogen-bond acceptors (Lipinski definition) is 4. The Kier molecular flexibility index (Phi) is 7.38. The summed E-state index contributed by atoms with van der Waals surface area (Å²) in [6.45, 7) is 7.65. The van der Waals surface area contributed by atoms with Crippen LogP contribution in [0.15, 0.2) is 35.7 Å². The number of benzene rings is 1. The number of carbonyl (C=O) groups excluding carboxylic acids is 1. The van der Waals surface area contributed by atoms with Crippen molar-refractivity contribution in [3.63, 3.8) is 0 Å². The summed E-state index contributed by atoms with van der Waals surface area (Å²) in [5, 5.41) is 5.35. The van der Waals surface area contributed by atoms with Gasteiger partial charge in [0.05, 0.1) is 13.1 Å². The van der Waals surface area contributed by atoms with Crippen molar-refractivity contribution < 1.29 is 9.18 Å². The molecule has 1 aliphatic heterocycles. The quantitative estimate of drug-likeness (QED) is 0.668. The van der Waals surface area contributed by atoms with E-state index < -0.39 is 0 Å². The molecule has 6 heteroatoms. The third-order valence-electron chi connectivity index (χ3n) is 5.02. The smallest absolute Gasteiger partial charge is 0.237 e. The lowest BCUT2D eigenvalue weighted by molar-refractivity contribution is -0.131. The minimum Gasteiger partial charge on any atom is -0.332 e. The van der Waals surface area contributed by atoms with E-state index in [0.717, 1.165) is 18.7 Å². The lowest BCUT2D eigenvalue weighted by atomic mass is 10.2. The highest BCUT2D eigenvalue weighted by molar-refractivity contribution is 7.10. The number of amides is 1. The summed E-state index contributed by atoms with van der Waals surface area (Å²) in [6, 6.07) is 8.47. The summed E-state index contributed by atoms with van der Waals surface area (Å²) in [5.74, 6) is -0.178. The number of halogens is 1. The molecule has 2 heterocycles. The zero-order valence-corrected chi connectivity index (χ0v) is 16.7. The average Bonchev–Trinajstić information content (AvgIpc) is 3.32. The summed E-state index contributed by atoms with van der Waals surface area (Å²) in [6.07, 6.45) is 2.56. The molecule has 0 atom stereocenters. The number of thiophene rings is 1. The van der Waals surface area contributed by atoms with Crippen LogP contribution in [0, 0.1) is 12.7 Å². The summed E-state index contributed by atoms with van der Waals surface area (Å²) >= 11 is 1.67. The Hall–Kier alpha value is -1.76. The van der Waals surface area contributed by atoms with Gasteiger partial charge in [0.25, 0.3) is 0 Å². The first kappa shape index (κ1) is 20.0. The van der Waals surface area contributed by atoms with Gasteiger partial charge >= 0.3 is 0 Å². The number of rotatable bonds is 9. The molecule has 4 nitrogen and oxygen atoms in total. The molecule has 0 spiro atoms. The molecular formula is C21H28FN3OS. The second-order valence-electron chi connectivity index (χ2n) is 7.13. The Balaban J connectivity index is 1.56. The van der Waals surface area contributed by atoms with E-state index in [2.05, 4.69) is 28.6 Å². The fraction of sp³-hybridized carbons (Fsp3) is 0.476. The first-order valence-corrected chi connectivity index (χ1v) is 10.5. The molecule has 0 saturated carbocycles. The van der Waals surface area contributed by atoms with Crippen LogP contribution in [0.5, 0.6) is 0 Å². The standard InChI is InChI=1S/C21H28FN3OS/c1-17-8-13-27-20(17)16-25(15-18-4-6-19(22)7-5-18)21(26)14-23-9-12-24-10-2-3-11-24/h4-8,13,23H,2-3,9-12,14-16H2,1H3. The van der Waals surface area contributed by atoms with Crippen LogP contribution in [0.2, 0.25) is 0 Å². The van der Waals surface area contributed by atoms with Crippen LogP contribution in [-0.4, -0.2) is 48.4 Å². The van der Waals surface area contributed by atoms with Gasteiger partial charge in [0.1, 0.15) is 5.82 Å². The van der Waals surface area contributed by atoms with Gasteiger partial charge in [-0.25, -0.2) is 4.39 Å². The fourth-order valence-corrected chi connectivity index (χ4v) is 4.25. The number of carbonyl (C=O) groups is 1. The topological polar surface area (TPSA) is 35.6 Å². The highest BCUT2D eigenvalue weighted by atomic mass is 32.1. The molecule has 0 radical (unpaired) electrons. The first-order chi connectivity index (χ1) is 13.1.